The second-order valence-corrected chi connectivity index (χ2v) is 4.89. The molecule has 1 heterocycles. The Morgan fingerprint density at radius 3 is 2.50 bits per heavy atom. The number of aromatic nitrogens is 2. The maximum atomic E-state index is 12.3. The lowest BCUT2D eigenvalue weighted by Gasteiger charge is -2.31. The summed E-state index contributed by atoms with van der Waals surface area (Å²) in [6.45, 7) is 4.44. The van der Waals surface area contributed by atoms with Crippen molar-refractivity contribution in [3.8, 4) is 0 Å². The highest BCUT2D eigenvalue weighted by Crippen LogP contribution is 2.15. The molecule has 2 rings (SSSR count). The van der Waals surface area contributed by atoms with E-state index in [-0.39, 0.29) is 11.4 Å². The Balaban J connectivity index is 2.27. The summed E-state index contributed by atoms with van der Waals surface area (Å²) in [5.74, 6) is -0.225. The zero-order chi connectivity index (χ0) is 14.6. The normalized spacial score (nSPS) is 11.6. The van der Waals surface area contributed by atoms with Gasteiger partial charge in [0.2, 0.25) is 0 Å². The maximum Gasteiger partial charge on any atom is 0.271 e. The second-order valence-electron chi connectivity index (χ2n) is 4.89. The topological polar surface area (TPSA) is 80.9 Å². The van der Waals surface area contributed by atoms with Crippen molar-refractivity contribution in [1.82, 2.24) is 15.3 Å². The summed E-state index contributed by atoms with van der Waals surface area (Å²) < 4.78 is 0. The third kappa shape index (κ3) is 2.77. The number of benzene rings is 1. The van der Waals surface area contributed by atoms with E-state index in [1.165, 1.54) is 6.20 Å². The molecule has 0 aliphatic carbocycles. The zero-order valence-corrected chi connectivity index (χ0v) is 11.9. The monoisotopic (exact) mass is 272 g/mol. The van der Waals surface area contributed by atoms with Crippen LogP contribution in [0.4, 0.5) is 0 Å². The molecule has 1 amide bonds. The van der Waals surface area contributed by atoms with E-state index in [0.29, 0.717) is 17.8 Å². The molecule has 0 saturated carbocycles. The number of hydrogen-bond donors (Lipinski definition) is 2. The van der Waals surface area contributed by atoms with Crippen LogP contribution in [0.1, 0.15) is 37.2 Å². The standard InChI is InChI=1S/C15H20N4O/c1-3-15(4-2,10-16)19-14(20)13-9-17-11-7-5-6-8-12(11)18-13/h5-9H,3-4,10,16H2,1-2H3,(H,19,20). The first kappa shape index (κ1) is 14.4. The molecule has 0 atom stereocenters. The van der Waals surface area contributed by atoms with Crippen LogP contribution >= 0.6 is 0 Å². The highest BCUT2D eigenvalue weighted by atomic mass is 16.2. The van der Waals surface area contributed by atoms with Crippen LogP contribution in [0.3, 0.4) is 0 Å². The number of nitrogens with zero attached hydrogens (tertiary/aromatic N) is 2. The Hall–Kier alpha value is -2.01. The fraction of sp³-hybridized carbons (Fsp3) is 0.400. The van der Waals surface area contributed by atoms with Gasteiger partial charge in [0.15, 0.2) is 0 Å². The van der Waals surface area contributed by atoms with Crippen molar-refractivity contribution in [2.75, 3.05) is 6.54 Å². The minimum atomic E-state index is -0.371. The zero-order valence-electron chi connectivity index (χ0n) is 11.9. The molecule has 0 saturated heterocycles. The quantitative estimate of drug-likeness (QED) is 0.870. The van der Waals surface area contributed by atoms with Gasteiger partial charge < -0.3 is 11.1 Å². The first-order valence-corrected chi connectivity index (χ1v) is 6.88. The van der Waals surface area contributed by atoms with Crippen LogP contribution in [0, 0.1) is 0 Å². The first-order chi connectivity index (χ1) is 9.64. The Bertz CT molecular complexity index is 599. The summed E-state index contributed by atoms with van der Waals surface area (Å²) in [4.78, 5) is 20.9. The van der Waals surface area contributed by atoms with Crippen molar-refractivity contribution in [2.24, 2.45) is 5.73 Å². The fourth-order valence-electron chi connectivity index (χ4n) is 2.14. The molecule has 0 fully saturated rings. The largest absolute Gasteiger partial charge is 0.344 e. The van der Waals surface area contributed by atoms with E-state index < -0.39 is 0 Å². The van der Waals surface area contributed by atoms with Crippen LogP contribution in [0.2, 0.25) is 0 Å². The van der Waals surface area contributed by atoms with Crippen LogP contribution in [0.25, 0.3) is 11.0 Å². The highest BCUT2D eigenvalue weighted by molar-refractivity contribution is 5.94. The van der Waals surface area contributed by atoms with Gasteiger partial charge in [0.1, 0.15) is 5.69 Å². The first-order valence-electron chi connectivity index (χ1n) is 6.88. The van der Waals surface area contributed by atoms with Gasteiger partial charge in [-0.2, -0.15) is 0 Å². The Kier molecular flexibility index (Phi) is 4.29. The molecule has 0 aliphatic heterocycles. The van der Waals surface area contributed by atoms with Crippen molar-refractivity contribution in [2.45, 2.75) is 32.2 Å². The number of carbonyl (C=O) groups excluding carboxylic acids is 1. The summed E-state index contributed by atoms with van der Waals surface area (Å²) in [5, 5.41) is 2.99. The number of fused-ring (bicyclic) bond motifs is 1. The molecule has 1 aromatic heterocycles. The highest BCUT2D eigenvalue weighted by Gasteiger charge is 2.27. The van der Waals surface area contributed by atoms with E-state index in [1.807, 2.05) is 38.1 Å². The molecular formula is C15H20N4O. The maximum absolute atomic E-state index is 12.3. The van der Waals surface area contributed by atoms with Gasteiger partial charge in [-0.3, -0.25) is 9.78 Å². The van der Waals surface area contributed by atoms with E-state index in [9.17, 15) is 4.79 Å². The van der Waals surface area contributed by atoms with Gasteiger partial charge in [-0.1, -0.05) is 26.0 Å². The van der Waals surface area contributed by atoms with E-state index in [0.717, 1.165) is 18.4 Å². The number of rotatable bonds is 5. The Morgan fingerprint density at radius 2 is 1.90 bits per heavy atom. The molecule has 5 heteroatoms. The van der Waals surface area contributed by atoms with Crippen molar-refractivity contribution in [3.63, 3.8) is 0 Å². The molecule has 0 radical (unpaired) electrons. The van der Waals surface area contributed by atoms with Crippen molar-refractivity contribution in [3.05, 3.63) is 36.2 Å². The van der Waals surface area contributed by atoms with Crippen LogP contribution < -0.4 is 11.1 Å². The van der Waals surface area contributed by atoms with E-state index in [4.69, 9.17) is 5.73 Å². The van der Waals surface area contributed by atoms with Crippen molar-refractivity contribution < 1.29 is 4.79 Å². The van der Waals surface area contributed by atoms with Gasteiger partial charge in [0.25, 0.3) is 5.91 Å². The average molecular weight is 272 g/mol. The Labute approximate surface area is 118 Å². The number of hydrogen-bond acceptors (Lipinski definition) is 4. The van der Waals surface area contributed by atoms with Crippen LogP contribution in [0.5, 0.6) is 0 Å². The SMILES string of the molecule is CCC(CC)(CN)NC(=O)c1cnc2ccccc2n1. The number of nitrogens with two attached hydrogens (primary N) is 1. The predicted octanol–water partition coefficient (Wildman–Crippen LogP) is 1.88. The Morgan fingerprint density at radius 1 is 1.25 bits per heavy atom. The van der Waals surface area contributed by atoms with Crippen LogP contribution in [0.15, 0.2) is 30.5 Å². The number of carbonyl (C=O) groups is 1. The molecule has 106 valence electrons. The molecule has 5 nitrogen and oxygen atoms in total. The predicted molar refractivity (Wildman–Crippen MR) is 79.4 cm³/mol. The summed E-state index contributed by atoms with van der Waals surface area (Å²) >= 11 is 0. The number of para-hydroxylation sites is 2. The van der Waals surface area contributed by atoms with Crippen molar-refractivity contribution in [1.29, 1.82) is 0 Å². The van der Waals surface area contributed by atoms with Gasteiger partial charge in [-0.25, -0.2) is 4.98 Å². The second kappa shape index (κ2) is 5.96. The van der Waals surface area contributed by atoms with E-state index in [2.05, 4.69) is 15.3 Å². The van der Waals surface area contributed by atoms with Gasteiger partial charge in [-0.05, 0) is 25.0 Å². The smallest absolute Gasteiger partial charge is 0.271 e. The minimum absolute atomic E-state index is 0.225. The van der Waals surface area contributed by atoms with Crippen LogP contribution in [-0.4, -0.2) is 28.0 Å². The third-order valence-corrected chi connectivity index (χ3v) is 3.80. The molecule has 0 aliphatic rings. The minimum Gasteiger partial charge on any atom is -0.344 e. The molecular weight excluding hydrogens is 252 g/mol. The summed E-state index contributed by atoms with van der Waals surface area (Å²) in [7, 11) is 0. The molecule has 0 spiro atoms. The molecule has 0 bridgehead atoms. The van der Waals surface area contributed by atoms with Gasteiger partial charge in [0, 0.05) is 6.54 Å². The molecule has 0 unspecified atom stereocenters. The van der Waals surface area contributed by atoms with Crippen LogP contribution in [-0.2, 0) is 0 Å². The molecule has 3 N–H and O–H groups in total. The van der Waals surface area contributed by atoms with Crippen molar-refractivity contribution >= 4 is 16.9 Å². The molecule has 2 aromatic rings. The fourth-order valence-corrected chi connectivity index (χ4v) is 2.14. The van der Waals surface area contributed by atoms with E-state index >= 15 is 0 Å². The van der Waals surface area contributed by atoms with Gasteiger partial charge in [-0.15, -0.1) is 0 Å². The lowest BCUT2D eigenvalue weighted by molar-refractivity contribution is 0.0890. The number of nitrogens with one attached hydrogen (secondary N) is 1. The molecule has 1 aromatic carbocycles. The van der Waals surface area contributed by atoms with Gasteiger partial charge >= 0.3 is 0 Å². The summed E-state index contributed by atoms with van der Waals surface area (Å²) in [6.07, 6.45) is 3.07. The van der Waals surface area contributed by atoms with E-state index in [1.54, 1.807) is 0 Å². The lowest BCUT2D eigenvalue weighted by Crippen LogP contribution is -2.53. The third-order valence-electron chi connectivity index (χ3n) is 3.80. The average Bonchev–Trinajstić information content (AvgIpc) is 2.52. The summed E-state index contributed by atoms with van der Waals surface area (Å²) in [6, 6.07) is 7.48. The number of amides is 1. The molecule has 20 heavy (non-hydrogen) atoms. The lowest BCUT2D eigenvalue weighted by atomic mass is 9.93. The summed E-state index contributed by atoms with van der Waals surface area (Å²) in [5.41, 5.74) is 7.24. The van der Waals surface area contributed by atoms with Gasteiger partial charge in [0.05, 0.1) is 22.8 Å².